The second-order valence-corrected chi connectivity index (χ2v) is 3.91. The smallest absolute Gasteiger partial charge is 0.183 e. The van der Waals surface area contributed by atoms with Gasteiger partial charge in [-0.3, -0.25) is 0 Å². The van der Waals surface area contributed by atoms with Crippen molar-refractivity contribution in [1.82, 2.24) is 9.97 Å². The average molecular weight is 207 g/mol. The van der Waals surface area contributed by atoms with Crippen molar-refractivity contribution in [1.29, 1.82) is 0 Å². The summed E-state index contributed by atoms with van der Waals surface area (Å²) in [5.41, 5.74) is 2.09. The number of rotatable bonds is 4. The van der Waals surface area contributed by atoms with Crippen LogP contribution in [0.25, 0.3) is 11.4 Å². The van der Waals surface area contributed by atoms with E-state index >= 15 is 0 Å². The van der Waals surface area contributed by atoms with Crippen molar-refractivity contribution < 1.29 is 0 Å². The van der Waals surface area contributed by atoms with Crippen LogP contribution in [0.5, 0.6) is 0 Å². The van der Waals surface area contributed by atoms with Crippen LogP contribution < -0.4 is 5.32 Å². The molecule has 0 spiro atoms. The summed E-state index contributed by atoms with van der Waals surface area (Å²) in [6, 6.07) is 4.01. The molecule has 0 saturated carbocycles. The van der Waals surface area contributed by atoms with Crippen molar-refractivity contribution in [3.8, 4) is 11.4 Å². The van der Waals surface area contributed by atoms with E-state index in [2.05, 4.69) is 27.6 Å². The monoisotopic (exact) mass is 207 g/mol. The lowest BCUT2D eigenvalue weighted by molar-refractivity contribution is 0.976. The van der Waals surface area contributed by atoms with Crippen molar-refractivity contribution in [3.05, 3.63) is 23.7 Å². The summed E-state index contributed by atoms with van der Waals surface area (Å²) in [6.07, 6.45) is 3.03. The minimum Gasteiger partial charge on any atom is -0.362 e. The van der Waals surface area contributed by atoms with Crippen LogP contribution in [0.3, 0.4) is 0 Å². The predicted octanol–water partition coefficient (Wildman–Crippen LogP) is 2.96. The lowest BCUT2D eigenvalue weighted by atomic mass is 10.3. The normalized spacial score (nSPS) is 10.4. The molecule has 3 nitrogen and oxygen atoms in total. The zero-order valence-corrected chi connectivity index (χ0v) is 8.90. The van der Waals surface area contributed by atoms with Gasteiger partial charge in [0.25, 0.3) is 0 Å². The van der Waals surface area contributed by atoms with Gasteiger partial charge in [-0.05, 0) is 18.6 Å². The van der Waals surface area contributed by atoms with Crippen molar-refractivity contribution in [2.75, 3.05) is 11.9 Å². The molecular formula is C10H13N3S. The molecule has 0 saturated heterocycles. The fraction of sp³-hybridized carbons (Fsp3) is 0.300. The molecule has 0 fully saturated rings. The highest BCUT2D eigenvalue weighted by Gasteiger charge is 2.03. The van der Waals surface area contributed by atoms with E-state index in [1.165, 1.54) is 0 Å². The second kappa shape index (κ2) is 4.28. The van der Waals surface area contributed by atoms with Crippen LogP contribution in [0.4, 0.5) is 5.13 Å². The molecule has 0 aliphatic rings. The van der Waals surface area contributed by atoms with Gasteiger partial charge in [0.15, 0.2) is 5.13 Å². The summed E-state index contributed by atoms with van der Waals surface area (Å²) in [7, 11) is 0. The Labute approximate surface area is 87.2 Å². The van der Waals surface area contributed by atoms with Gasteiger partial charge < -0.3 is 10.3 Å². The Bertz CT molecular complexity index is 378. The summed E-state index contributed by atoms with van der Waals surface area (Å²) >= 11 is 1.65. The van der Waals surface area contributed by atoms with Crippen LogP contribution in [0.2, 0.25) is 0 Å². The SMILES string of the molecule is CCCNc1nc(-c2ccc[nH]2)cs1. The average Bonchev–Trinajstić information content (AvgIpc) is 2.85. The maximum Gasteiger partial charge on any atom is 0.183 e. The van der Waals surface area contributed by atoms with Gasteiger partial charge in [0, 0.05) is 18.1 Å². The van der Waals surface area contributed by atoms with Crippen LogP contribution in [-0.2, 0) is 0 Å². The molecule has 4 heteroatoms. The Morgan fingerprint density at radius 3 is 3.21 bits per heavy atom. The van der Waals surface area contributed by atoms with Gasteiger partial charge in [-0.15, -0.1) is 11.3 Å². The lowest BCUT2D eigenvalue weighted by Crippen LogP contribution is -1.98. The Morgan fingerprint density at radius 1 is 1.57 bits per heavy atom. The fourth-order valence-electron chi connectivity index (χ4n) is 1.20. The number of nitrogens with one attached hydrogen (secondary N) is 2. The van der Waals surface area contributed by atoms with Gasteiger partial charge in [0.1, 0.15) is 0 Å². The minimum absolute atomic E-state index is 0.984. The van der Waals surface area contributed by atoms with Crippen LogP contribution in [-0.4, -0.2) is 16.5 Å². The number of aromatic nitrogens is 2. The number of thiazole rings is 1. The molecule has 2 heterocycles. The highest BCUT2D eigenvalue weighted by Crippen LogP contribution is 2.23. The molecule has 0 unspecified atom stereocenters. The first-order valence-electron chi connectivity index (χ1n) is 4.73. The standard InChI is InChI=1S/C10H13N3S/c1-2-5-12-10-13-9(7-14-10)8-4-3-6-11-8/h3-4,6-7,11H,2,5H2,1H3,(H,12,13). The van der Waals surface area contributed by atoms with Gasteiger partial charge in [0.2, 0.25) is 0 Å². The van der Waals surface area contributed by atoms with E-state index in [1.54, 1.807) is 11.3 Å². The van der Waals surface area contributed by atoms with Crippen molar-refractivity contribution in [2.24, 2.45) is 0 Å². The Kier molecular flexibility index (Phi) is 2.84. The van der Waals surface area contributed by atoms with E-state index in [0.29, 0.717) is 0 Å². The molecule has 14 heavy (non-hydrogen) atoms. The fourth-order valence-corrected chi connectivity index (χ4v) is 1.94. The molecule has 2 rings (SSSR count). The van der Waals surface area contributed by atoms with Crippen LogP contribution >= 0.6 is 11.3 Å². The quantitative estimate of drug-likeness (QED) is 0.809. The van der Waals surface area contributed by atoms with E-state index in [-0.39, 0.29) is 0 Å². The molecule has 2 aromatic heterocycles. The Hall–Kier alpha value is -1.29. The van der Waals surface area contributed by atoms with Gasteiger partial charge in [-0.1, -0.05) is 6.92 Å². The topological polar surface area (TPSA) is 40.7 Å². The lowest BCUT2D eigenvalue weighted by Gasteiger charge is -1.96. The van der Waals surface area contributed by atoms with Crippen LogP contribution in [0.15, 0.2) is 23.7 Å². The van der Waals surface area contributed by atoms with Gasteiger partial charge >= 0.3 is 0 Å². The van der Waals surface area contributed by atoms with E-state index < -0.39 is 0 Å². The predicted molar refractivity (Wildman–Crippen MR) is 60.7 cm³/mol. The molecular weight excluding hydrogens is 194 g/mol. The highest BCUT2D eigenvalue weighted by atomic mass is 32.1. The zero-order chi connectivity index (χ0) is 9.80. The van der Waals surface area contributed by atoms with E-state index in [1.807, 2.05) is 18.3 Å². The summed E-state index contributed by atoms with van der Waals surface area (Å²) in [4.78, 5) is 7.61. The second-order valence-electron chi connectivity index (χ2n) is 3.05. The van der Waals surface area contributed by atoms with E-state index in [4.69, 9.17) is 0 Å². The summed E-state index contributed by atoms with van der Waals surface area (Å²) in [6.45, 7) is 3.13. The summed E-state index contributed by atoms with van der Waals surface area (Å²) in [5.74, 6) is 0. The maximum atomic E-state index is 4.47. The summed E-state index contributed by atoms with van der Waals surface area (Å²) < 4.78 is 0. The number of anilines is 1. The molecule has 0 atom stereocenters. The Balaban J connectivity index is 2.10. The zero-order valence-electron chi connectivity index (χ0n) is 8.08. The van der Waals surface area contributed by atoms with E-state index in [0.717, 1.165) is 29.5 Å². The third-order valence-corrected chi connectivity index (χ3v) is 2.70. The first-order chi connectivity index (χ1) is 6.90. The molecule has 0 aliphatic heterocycles. The van der Waals surface area contributed by atoms with Crippen molar-refractivity contribution in [3.63, 3.8) is 0 Å². The third-order valence-electron chi connectivity index (χ3n) is 1.90. The number of aromatic amines is 1. The largest absolute Gasteiger partial charge is 0.362 e. The highest BCUT2D eigenvalue weighted by molar-refractivity contribution is 7.14. The number of nitrogens with zero attached hydrogens (tertiary/aromatic N) is 1. The number of hydrogen-bond donors (Lipinski definition) is 2. The molecule has 0 radical (unpaired) electrons. The minimum atomic E-state index is 0.984. The molecule has 0 aliphatic carbocycles. The molecule has 2 N–H and O–H groups in total. The molecule has 2 aromatic rings. The molecule has 74 valence electrons. The Morgan fingerprint density at radius 2 is 2.50 bits per heavy atom. The van der Waals surface area contributed by atoms with Crippen molar-refractivity contribution in [2.45, 2.75) is 13.3 Å². The van der Waals surface area contributed by atoms with Gasteiger partial charge in [0.05, 0.1) is 11.4 Å². The summed E-state index contributed by atoms with van der Waals surface area (Å²) in [5, 5.41) is 6.33. The molecule has 0 aromatic carbocycles. The maximum absolute atomic E-state index is 4.47. The number of hydrogen-bond acceptors (Lipinski definition) is 3. The van der Waals surface area contributed by atoms with Crippen molar-refractivity contribution >= 4 is 16.5 Å². The molecule has 0 amide bonds. The third kappa shape index (κ3) is 1.96. The number of H-pyrrole nitrogens is 1. The van der Waals surface area contributed by atoms with Crippen LogP contribution in [0, 0.1) is 0 Å². The first-order valence-corrected chi connectivity index (χ1v) is 5.61. The molecule has 0 bridgehead atoms. The van der Waals surface area contributed by atoms with Gasteiger partial charge in [-0.2, -0.15) is 0 Å². The van der Waals surface area contributed by atoms with E-state index in [9.17, 15) is 0 Å². The van der Waals surface area contributed by atoms with Crippen LogP contribution in [0.1, 0.15) is 13.3 Å². The first kappa shape index (κ1) is 9.27. The van der Waals surface area contributed by atoms with Gasteiger partial charge in [-0.25, -0.2) is 4.98 Å².